The van der Waals surface area contributed by atoms with Gasteiger partial charge < -0.3 is 10.6 Å². The van der Waals surface area contributed by atoms with Gasteiger partial charge in [0, 0.05) is 24.6 Å². The Bertz CT molecular complexity index is 699. The summed E-state index contributed by atoms with van der Waals surface area (Å²) >= 11 is 0. The predicted octanol–water partition coefficient (Wildman–Crippen LogP) is 2.55. The van der Waals surface area contributed by atoms with Crippen LogP contribution in [0.1, 0.15) is 44.9 Å². The molecule has 1 aromatic carbocycles. The van der Waals surface area contributed by atoms with Crippen molar-refractivity contribution >= 4 is 5.91 Å². The van der Waals surface area contributed by atoms with Crippen LogP contribution in [0.5, 0.6) is 0 Å². The van der Waals surface area contributed by atoms with Crippen molar-refractivity contribution in [2.24, 2.45) is 11.7 Å². The molecule has 1 aromatic heterocycles. The average molecular weight is 341 g/mol. The summed E-state index contributed by atoms with van der Waals surface area (Å²) in [5.41, 5.74) is 7.13. The number of aromatic nitrogens is 3. The first-order valence-corrected chi connectivity index (χ1v) is 9.12. The number of H-pyrrole nitrogens is 1. The minimum Gasteiger partial charge on any atom is -0.341 e. The number of benzene rings is 1. The zero-order chi connectivity index (χ0) is 17.8. The van der Waals surface area contributed by atoms with Crippen LogP contribution in [0.2, 0.25) is 0 Å². The summed E-state index contributed by atoms with van der Waals surface area (Å²) in [4.78, 5) is 19.2. The molecule has 0 spiro atoms. The third-order valence-electron chi connectivity index (χ3n) is 5.20. The van der Waals surface area contributed by atoms with Crippen molar-refractivity contribution in [1.29, 1.82) is 0 Å². The van der Waals surface area contributed by atoms with Gasteiger partial charge in [0.15, 0.2) is 5.82 Å². The van der Waals surface area contributed by atoms with E-state index in [2.05, 4.69) is 22.1 Å². The lowest BCUT2D eigenvalue weighted by Gasteiger charge is -2.34. The molecule has 1 amide bonds. The predicted molar refractivity (Wildman–Crippen MR) is 97.8 cm³/mol. The fraction of sp³-hybridized carbons (Fsp3) is 0.526. The number of piperidine rings is 1. The van der Waals surface area contributed by atoms with E-state index in [0.29, 0.717) is 12.4 Å². The molecule has 1 fully saturated rings. The van der Waals surface area contributed by atoms with Crippen molar-refractivity contribution in [3.05, 3.63) is 36.2 Å². The van der Waals surface area contributed by atoms with E-state index < -0.39 is 6.04 Å². The van der Waals surface area contributed by atoms with Crippen LogP contribution in [0.25, 0.3) is 11.4 Å². The van der Waals surface area contributed by atoms with E-state index >= 15 is 0 Å². The Kier molecular flexibility index (Phi) is 5.48. The molecule has 1 aliphatic rings. The van der Waals surface area contributed by atoms with Crippen LogP contribution in [0.15, 0.2) is 30.3 Å². The summed E-state index contributed by atoms with van der Waals surface area (Å²) in [5, 5.41) is 7.41. The molecule has 25 heavy (non-hydrogen) atoms. The van der Waals surface area contributed by atoms with E-state index in [-0.39, 0.29) is 17.7 Å². The van der Waals surface area contributed by atoms with E-state index in [1.165, 1.54) is 0 Å². The number of amides is 1. The summed E-state index contributed by atoms with van der Waals surface area (Å²) in [7, 11) is 0. The molecule has 1 saturated heterocycles. The number of nitrogens with two attached hydrogens (primary N) is 1. The van der Waals surface area contributed by atoms with Crippen LogP contribution in [0.3, 0.4) is 0 Å². The van der Waals surface area contributed by atoms with E-state index in [9.17, 15) is 4.79 Å². The Morgan fingerprint density at radius 3 is 2.88 bits per heavy atom. The Morgan fingerprint density at radius 2 is 2.16 bits per heavy atom. The number of nitrogens with one attached hydrogen (secondary N) is 1. The van der Waals surface area contributed by atoms with Crippen LogP contribution in [-0.2, 0) is 4.79 Å². The van der Waals surface area contributed by atoms with Crippen molar-refractivity contribution in [2.45, 2.75) is 45.1 Å². The van der Waals surface area contributed by atoms with Gasteiger partial charge >= 0.3 is 0 Å². The zero-order valence-corrected chi connectivity index (χ0v) is 15.0. The lowest BCUT2D eigenvalue weighted by molar-refractivity contribution is -0.135. The van der Waals surface area contributed by atoms with Crippen LogP contribution in [0, 0.1) is 5.92 Å². The summed E-state index contributed by atoms with van der Waals surface area (Å²) in [5.74, 6) is 2.00. The summed E-state index contributed by atoms with van der Waals surface area (Å²) < 4.78 is 0. The number of hydrogen-bond acceptors (Lipinski definition) is 4. The number of carbonyl (C=O) groups excluding carboxylic acids is 1. The molecule has 1 aliphatic heterocycles. The molecule has 3 atom stereocenters. The van der Waals surface area contributed by atoms with Gasteiger partial charge in [0.2, 0.25) is 5.91 Å². The van der Waals surface area contributed by atoms with Gasteiger partial charge in [-0.15, -0.1) is 0 Å². The molecule has 3 unspecified atom stereocenters. The number of carbonyl (C=O) groups is 1. The highest BCUT2D eigenvalue weighted by Crippen LogP contribution is 2.26. The van der Waals surface area contributed by atoms with Crippen molar-refractivity contribution in [3.63, 3.8) is 0 Å². The molecule has 6 nitrogen and oxygen atoms in total. The number of hydrogen-bond donors (Lipinski definition) is 2. The molecule has 6 heteroatoms. The fourth-order valence-corrected chi connectivity index (χ4v) is 3.28. The molecular formula is C19H27N5O. The molecular weight excluding hydrogens is 314 g/mol. The maximum absolute atomic E-state index is 12.7. The number of rotatable bonds is 5. The molecule has 0 bridgehead atoms. The first-order valence-electron chi connectivity index (χ1n) is 9.12. The molecule has 134 valence electrons. The molecule has 0 radical (unpaired) electrons. The minimum atomic E-state index is -0.418. The van der Waals surface area contributed by atoms with Crippen molar-refractivity contribution in [2.75, 3.05) is 13.1 Å². The van der Waals surface area contributed by atoms with Gasteiger partial charge in [0.05, 0.1) is 6.04 Å². The third-order valence-corrected chi connectivity index (χ3v) is 5.20. The van der Waals surface area contributed by atoms with Gasteiger partial charge in [0.25, 0.3) is 0 Å². The SMILES string of the molecule is CCC(C)C(N)C(=O)N1CCCC(c2nc(-c3ccccc3)n[nH]2)C1. The first kappa shape index (κ1) is 17.6. The quantitative estimate of drug-likeness (QED) is 0.875. The second-order valence-corrected chi connectivity index (χ2v) is 6.95. The van der Waals surface area contributed by atoms with Gasteiger partial charge in [-0.3, -0.25) is 9.89 Å². The van der Waals surface area contributed by atoms with Crippen LogP contribution in [0.4, 0.5) is 0 Å². The maximum Gasteiger partial charge on any atom is 0.239 e. The van der Waals surface area contributed by atoms with Gasteiger partial charge in [-0.1, -0.05) is 50.6 Å². The molecule has 2 aromatic rings. The van der Waals surface area contributed by atoms with Crippen LogP contribution >= 0.6 is 0 Å². The highest BCUT2D eigenvalue weighted by atomic mass is 16.2. The van der Waals surface area contributed by atoms with Crippen molar-refractivity contribution < 1.29 is 4.79 Å². The zero-order valence-electron chi connectivity index (χ0n) is 15.0. The van der Waals surface area contributed by atoms with E-state index in [1.54, 1.807) is 0 Å². The van der Waals surface area contributed by atoms with Crippen LogP contribution in [-0.4, -0.2) is 45.1 Å². The lowest BCUT2D eigenvalue weighted by Crippen LogP contribution is -2.50. The van der Waals surface area contributed by atoms with E-state index in [0.717, 1.165) is 37.2 Å². The Labute approximate surface area is 148 Å². The van der Waals surface area contributed by atoms with Crippen LogP contribution < -0.4 is 5.73 Å². The standard InChI is InChI=1S/C19H27N5O/c1-3-13(2)16(20)19(25)24-11-7-10-15(12-24)18-21-17(22-23-18)14-8-5-4-6-9-14/h4-6,8-9,13,15-16H,3,7,10-12,20H2,1-2H3,(H,21,22,23). The van der Waals surface area contributed by atoms with Crippen molar-refractivity contribution in [1.82, 2.24) is 20.1 Å². The maximum atomic E-state index is 12.7. The second kappa shape index (κ2) is 7.78. The monoisotopic (exact) mass is 341 g/mol. The lowest BCUT2D eigenvalue weighted by atomic mass is 9.94. The first-order chi connectivity index (χ1) is 12.1. The van der Waals surface area contributed by atoms with E-state index in [4.69, 9.17) is 5.73 Å². The minimum absolute atomic E-state index is 0.0573. The second-order valence-electron chi connectivity index (χ2n) is 6.95. The normalized spacial score (nSPS) is 20.3. The highest BCUT2D eigenvalue weighted by molar-refractivity contribution is 5.82. The van der Waals surface area contributed by atoms with Gasteiger partial charge in [-0.05, 0) is 18.8 Å². The highest BCUT2D eigenvalue weighted by Gasteiger charge is 2.31. The smallest absolute Gasteiger partial charge is 0.239 e. The number of likely N-dealkylation sites (tertiary alicyclic amines) is 1. The molecule has 2 heterocycles. The summed E-state index contributed by atoms with van der Waals surface area (Å²) in [6.45, 7) is 5.54. The Hall–Kier alpha value is -2.21. The fourth-order valence-electron chi connectivity index (χ4n) is 3.28. The van der Waals surface area contributed by atoms with Gasteiger partial charge in [-0.25, -0.2) is 4.98 Å². The topological polar surface area (TPSA) is 87.9 Å². The third kappa shape index (κ3) is 3.90. The Balaban J connectivity index is 1.70. The Morgan fingerprint density at radius 1 is 1.40 bits per heavy atom. The van der Waals surface area contributed by atoms with Crippen molar-refractivity contribution in [3.8, 4) is 11.4 Å². The largest absolute Gasteiger partial charge is 0.341 e. The van der Waals surface area contributed by atoms with E-state index in [1.807, 2.05) is 42.2 Å². The average Bonchev–Trinajstić information content (AvgIpc) is 3.17. The van der Waals surface area contributed by atoms with Gasteiger partial charge in [0.1, 0.15) is 5.82 Å². The number of nitrogens with zero attached hydrogens (tertiary/aromatic N) is 3. The number of aromatic amines is 1. The molecule has 0 saturated carbocycles. The molecule has 0 aliphatic carbocycles. The van der Waals surface area contributed by atoms with Gasteiger partial charge in [-0.2, -0.15) is 5.10 Å². The molecule has 3 rings (SSSR count). The molecule has 3 N–H and O–H groups in total. The summed E-state index contributed by atoms with van der Waals surface area (Å²) in [6, 6.07) is 9.50. The summed E-state index contributed by atoms with van der Waals surface area (Å²) in [6.07, 6.45) is 2.88.